The fourth-order valence-electron chi connectivity index (χ4n) is 2.82. The van der Waals surface area contributed by atoms with Crippen molar-refractivity contribution in [1.29, 1.82) is 0 Å². The topological polar surface area (TPSA) is 56.2 Å². The molecule has 0 aliphatic heterocycles. The maximum atomic E-state index is 12.1. The van der Waals surface area contributed by atoms with Gasteiger partial charge in [0.1, 0.15) is 5.75 Å². The molecule has 0 saturated heterocycles. The summed E-state index contributed by atoms with van der Waals surface area (Å²) in [4.78, 5) is 12.1. The van der Waals surface area contributed by atoms with E-state index in [4.69, 9.17) is 4.74 Å². The van der Waals surface area contributed by atoms with Gasteiger partial charge in [-0.25, -0.2) is 0 Å². The van der Waals surface area contributed by atoms with Crippen LogP contribution in [-0.2, 0) is 17.9 Å². The summed E-state index contributed by atoms with van der Waals surface area (Å²) in [5.74, 6) is 0.504. The Balaban J connectivity index is 1.55. The van der Waals surface area contributed by atoms with E-state index in [1.54, 1.807) is 0 Å². The summed E-state index contributed by atoms with van der Waals surface area (Å²) < 4.78 is 8.45. The van der Waals surface area contributed by atoms with E-state index < -0.39 is 0 Å². The molecule has 0 atom stereocenters. The first-order valence-corrected chi connectivity index (χ1v) is 9.54. The number of hydrogen-bond donors (Lipinski definition) is 1. The summed E-state index contributed by atoms with van der Waals surface area (Å²) in [6.45, 7) is 5.14. The summed E-state index contributed by atoms with van der Waals surface area (Å²) in [5.41, 5.74) is 4.23. The summed E-state index contributed by atoms with van der Waals surface area (Å²) in [6, 6.07) is 17.6. The molecule has 0 saturated carbocycles. The van der Waals surface area contributed by atoms with Crippen LogP contribution in [0.15, 0.2) is 59.1 Å². The second-order valence-electron chi connectivity index (χ2n) is 6.31. The van der Waals surface area contributed by atoms with Gasteiger partial charge in [-0.2, -0.15) is 5.10 Å². The van der Waals surface area contributed by atoms with E-state index in [0.29, 0.717) is 18.8 Å². The molecule has 6 heteroatoms. The fourth-order valence-corrected chi connectivity index (χ4v) is 3.08. The fraction of sp³-hybridized carbons (Fsp3) is 0.238. The number of carbonyl (C=O) groups excluding carboxylic acids is 1. The molecule has 5 nitrogen and oxygen atoms in total. The molecule has 27 heavy (non-hydrogen) atoms. The van der Waals surface area contributed by atoms with E-state index in [2.05, 4.69) is 38.5 Å². The highest BCUT2D eigenvalue weighted by Crippen LogP contribution is 2.16. The second-order valence-corrected chi connectivity index (χ2v) is 7.23. The van der Waals surface area contributed by atoms with Crippen molar-refractivity contribution < 1.29 is 9.53 Å². The molecule has 1 heterocycles. The smallest absolute Gasteiger partial charge is 0.258 e. The van der Waals surface area contributed by atoms with Crippen LogP contribution in [-0.4, -0.2) is 22.3 Å². The van der Waals surface area contributed by atoms with E-state index in [-0.39, 0.29) is 12.5 Å². The third kappa shape index (κ3) is 5.20. The molecule has 0 radical (unpaired) electrons. The number of nitrogens with one attached hydrogen (secondary N) is 1. The van der Waals surface area contributed by atoms with Gasteiger partial charge in [-0.05, 0) is 43.7 Å². The van der Waals surface area contributed by atoms with Crippen molar-refractivity contribution in [2.45, 2.75) is 26.9 Å². The molecule has 2 aromatic carbocycles. The van der Waals surface area contributed by atoms with Gasteiger partial charge in [0.25, 0.3) is 5.91 Å². The number of aromatic nitrogens is 2. The van der Waals surface area contributed by atoms with Crippen LogP contribution in [0.1, 0.15) is 22.5 Å². The first-order chi connectivity index (χ1) is 13.0. The number of benzene rings is 2. The van der Waals surface area contributed by atoms with Crippen LogP contribution in [0.4, 0.5) is 0 Å². The van der Waals surface area contributed by atoms with Gasteiger partial charge in [0.15, 0.2) is 6.61 Å². The molecule has 1 N–H and O–H groups in total. The molecule has 0 fully saturated rings. The lowest BCUT2D eigenvalue weighted by atomic mass is 10.2. The normalized spacial score (nSPS) is 10.6. The predicted molar refractivity (Wildman–Crippen MR) is 109 cm³/mol. The van der Waals surface area contributed by atoms with Crippen molar-refractivity contribution in [3.63, 3.8) is 0 Å². The molecular formula is C21H22BrN3O2. The molecule has 0 aliphatic rings. The Labute approximate surface area is 167 Å². The first kappa shape index (κ1) is 19.2. The Hall–Kier alpha value is -2.60. The maximum absolute atomic E-state index is 12.1. The van der Waals surface area contributed by atoms with Gasteiger partial charge in [-0.15, -0.1) is 0 Å². The SMILES string of the molecule is Cc1nn(Cc2ccccc2)c(C)c1CNC(=O)COc1ccc(Br)cc1. The Morgan fingerprint density at radius 3 is 2.52 bits per heavy atom. The zero-order valence-corrected chi connectivity index (χ0v) is 17.0. The Morgan fingerprint density at radius 2 is 1.81 bits per heavy atom. The van der Waals surface area contributed by atoms with E-state index in [9.17, 15) is 4.79 Å². The summed E-state index contributed by atoms with van der Waals surface area (Å²) >= 11 is 3.37. The average molecular weight is 428 g/mol. The third-order valence-corrected chi connectivity index (χ3v) is 4.88. The lowest BCUT2D eigenvalue weighted by Crippen LogP contribution is -2.28. The van der Waals surface area contributed by atoms with Crippen molar-refractivity contribution in [3.8, 4) is 5.75 Å². The average Bonchev–Trinajstić information content (AvgIpc) is 2.93. The monoisotopic (exact) mass is 427 g/mol. The largest absolute Gasteiger partial charge is 0.484 e. The molecule has 3 rings (SSSR count). The van der Waals surface area contributed by atoms with Crippen molar-refractivity contribution in [1.82, 2.24) is 15.1 Å². The molecule has 0 unspecified atom stereocenters. The minimum Gasteiger partial charge on any atom is -0.484 e. The molecule has 0 bridgehead atoms. The number of hydrogen-bond acceptors (Lipinski definition) is 3. The van der Waals surface area contributed by atoms with Gasteiger partial charge in [0.05, 0.1) is 12.2 Å². The maximum Gasteiger partial charge on any atom is 0.258 e. The number of nitrogens with zero attached hydrogens (tertiary/aromatic N) is 2. The Kier molecular flexibility index (Phi) is 6.29. The minimum atomic E-state index is -0.160. The zero-order chi connectivity index (χ0) is 19.2. The standard InChI is InChI=1S/C21H22BrN3O2/c1-15-20(16(2)25(24-15)13-17-6-4-3-5-7-17)12-23-21(26)14-27-19-10-8-18(22)9-11-19/h3-11H,12-14H2,1-2H3,(H,23,26). The molecular weight excluding hydrogens is 406 g/mol. The van der Waals surface area contributed by atoms with Crippen LogP contribution in [0.2, 0.25) is 0 Å². The molecule has 0 aliphatic carbocycles. The molecule has 0 spiro atoms. The van der Waals surface area contributed by atoms with Crippen molar-refractivity contribution in [2.75, 3.05) is 6.61 Å². The molecule has 1 aromatic heterocycles. The Bertz CT molecular complexity index is 905. The number of halogens is 1. The van der Waals surface area contributed by atoms with Crippen LogP contribution in [0, 0.1) is 13.8 Å². The van der Waals surface area contributed by atoms with Crippen molar-refractivity contribution in [2.24, 2.45) is 0 Å². The van der Waals surface area contributed by atoms with Crippen LogP contribution in [0.25, 0.3) is 0 Å². The highest BCUT2D eigenvalue weighted by Gasteiger charge is 2.13. The van der Waals surface area contributed by atoms with Crippen LogP contribution < -0.4 is 10.1 Å². The van der Waals surface area contributed by atoms with Crippen LogP contribution >= 0.6 is 15.9 Å². The summed E-state index contributed by atoms with van der Waals surface area (Å²) in [6.07, 6.45) is 0. The number of carbonyl (C=O) groups is 1. The highest BCUT2D eigenvalue weighted by atomic mass is 79.9. The van der Waals surface area contributed by atoms with Gasteiger partial charge < -0.3 is 10.1 Å². The molecule has 1 amide bonds. The third-order valence-electron chi connectivity index (χ3n) is 4.35. The van der Waals surface area contributed by atoms with Gasteiger partial charge in [-0.3, -0.25) is 9.48 Å². The zero-order valence-electron chi connectivity index (χ0n) is 15.4. The summed E-state index contributed by atoms with van der Waals surface area (Å²) in [5, 5.41) is 7.53. The van der Waals surface area contributed by atoms with Gasteiger partial charge >= 0.3 is 0 Å². The van der Waals surface area contributed by atoms with Crippen LogP contribution in [0.3, 0.4) is 0 Å². The summed E-state index contributed by atoms with van der Waals surface area (Å²) in [7, 11) is 0. The van der Waals surface area contributed by atoms with Crippen LogP contribution in [0.5, 0.6) is 5.75 Å². The van der Waals surface area contributed by atoms with Crippen molar-refractivity contribution in [3.05, 3.63) is 81.6 Å². The quantitative estimate of drug-likeness (QED) is 0.619. The Morgan fingerprint density at radius 1 is 1.11 bits per heavy atom. The van der Waals surface area contributed by atoms with Crippen molar-refractivity contribution >= 4 is 21.8 Å². The van der Waals surface area contributed by atoms with E-state index >= 15 is 0 Å². The number of ether oxygens (including phenoxy) is 1. The number of aryl methyl sites for hydroxylation is 1. The second kappa shape index (κ2) is 8.86. The number of rotatable bonds is 7. The van der Waals surface area contributed by atoms with E-state index in [1.165, 1.54) is 5.56 Å². The molecule has 140 valence electrons. The van der Waals surface area contributed by atoms with E-state index in [0.717, 1.165) is 21.4 Å². The highest BCUT2D eigenvalue weighted by molar-refractivity contribution is 9.10. The minimum absolute atomic E-state index is 0.0160. The lowest BCUT2D eigenvalue weighted by molar-refractivity contribution is -0.123. The lowest BCUT2D eigenvalue weighted by Gasteiger charge is -2.09. The predicted octanol–water partition coefficient (Wildman–Crippen LogP) is 4.01. The van der Waals surface area contributed by atoms with E-state index in [1.807, 2.05) is 61.0 Å². The van der Waals surface area contributed by atoms with Gasteiger partial charge in [0.2, 0.25) is 0 Å². The molecule has 3 aromatic rings. The number of amides is 1. The first-order valence-electron chi connectivity index (χ1n) is 8.75. The van der Waals surface area contributed by atoms with Gasteiger partial charge in [-0.1, -0.05) is 46.3 Å². The van der Waals surface area contributed by atoms with Gasteiger partial charge in [0, 0.05) is 22.3 Å².